The fraction of sp³-hybridized carbons (Fsp3) is 0.111. The third kappa shape index (κ3) is 3.20. The first kappa shape index (κ1) is 16.3. The van der Waals surface area contributed by atoms with Gasteiger partial charge < -0.3 is 0 Å². The molecule has 0 bridgehead atoms. The van der Waals surface area contributed by atoms with Crippen molar-refractivity contribution in [3.63, 3.8) is 0 Å². The Kier molecular flexibility index (Phi) is 4.69. The van der Waals surface area contributed by atoms with E-state index in [1.54, 1.807) is 13.1 Å². The number of para-hydroxylation sites is 1. The molecule has 2 amide bonds. The first-order valence-electron chi connectivity index (χ1n) is 7.45. The van der Waals surface area contributed by atoms with Gasteiger partial charge in [0.05, 0.1) is 0 Å². The fourth-order valence-corrected chi connectivity index (χ4v) is 4.90. The molecule has 3 N–H and O–H groups in total. The van der Waals surface area contributed by atoms with Gasteiger partial charge in [-0.2, -0.15) is 0 Å². The van der Waals surface area contributed by atoms with Crippen molar-refractivity contribution in [1.29, 1.82) is 0 Å². The van der Waals surface area contributed by atoms with Crippen LogP contribution in [0.2, 0.25) is 0 Å². The van der Waals surface area contributed by atoms with Gasteiger partial charge in [0.15, 0.2) is 0 Å². The van der Waals surface area contributed by atoms with Gasteiger partial charge >= 0.3 is 146 Å². The second kappa shape index (κ2) is 6.91. The molecule has 1 aromatic heterocycles. The number of aromatic nitrogens is 1. The summed E-state index contributed by atoms with van der Waals surface area (Å²) in [5, 5.41) is 3.74. The van der Waals surface area contributed by atoms with Crippen molar-refractivity contribution in [1.82, 2.24) is 9.88 Å². The Morgan fingerprint density at radius 3 is 2.54 bits per heavy atom. The summed E-state index contributed by atoms with van der Waals surface area (Å²) in [6.45, 7) is 0.268. The van der Waals surface area contributed by atoms with Crippen LogP contribution in [-0.2, 0) is 11.3 Å². The van der Waals surface area contributed by atoms with Crippen LogP contribution in [-0.4, -0.2) is 38.4 Å². The van der Waals surface area contributed by atoms with Crippen LogP contribution in [0.5, 0.6) is 0 Å². The molecule has 0 spiro atoms. The molecule has 0 radical (unpaired) electrons. The zero-order valence-electron chi connectivity index (χ0n) is 13.2. The number of primary amides is 1. The summed E-state index contributed by atoms with van der Waals surface area (Å²) in [5.74, 6) is -0.464. The summed E-state index contributed by atoms with van der Waals surface area (Å²) < 4.78 is 4.01. The van der Waals surface area contributed by atoms with Crippen molar-refractivity contribution < 1.29 is 9.59 Å². The van der Waals surface area contributed by atoms with Crippen molar-refractivity contribution >= 4 is 46.6 Å². The molecular formula is C18H17N3O2Se. The van der Waals surface area contributed by atoms with Crippen LogP contribution >= 0.6 is 0 Å². The van der Waals surface area contributed by atoms with Crippen molar-refractivity contribution in [2.24, 2.45) is 5.73 Å². The van der Waals surface area contributed by atoms with Gasteiger partial charge in [0, 0.05) is 0 Å². The average molecular weight is 386 g/mol. The summed E-state index contributed by atoms with van der Waals surface area (Å²) in [4.78, 5) is 23.4. The van der Waals surface area contributed by atoms with E-state index in [2.05, 4.69) is 5.32 Å². The number of nitrogens with zero attached hydrogens (tertiary/aromatic N) is 1. The molecule has 3 aromatic rings. The summed E-state index contributed by atoms with van der Waals surface area (Å²) in [6, 6.07) is 15.4. The van der Waals surface area contributed by atoms with Crippen LogP contribution in [0.1, 0.15) is 10.4 Å². The Balaban J connectivity index is 2.04. The average Bonchev–Trinajstić information content (AvgIpc) is 2.93. The SMILES string of the molecule is CNC(=O)Cn1cc([Se]c2ccccc2C(N)=O)c2ccccc21. The number of nitrogens with one attached hydrogen (secondary N) is 1. The van der Waals surface area contributed by atoms with Gasteiger partial charge in [-0.3, -0.25) is 0 Å². The monoisotopic (exact) mass is 387 g/mol. The number of amides is 2. The van der Waals surface area contributed by atoms with Gasteiger partial charge in [0.2, 0.25) is 0 Å². The molecule has 0 unspecified atom stereocenters. The van der Waals surface area contributed by atoms with Crippen LogP contribution in [0.4, 0.5) is 0 Å². The molecular weight excluding hydrogens is 369 g/mol. The number of benzene rings is 2. The van der Waals surface area contributed by atoms with Crippen LogP contribution < -0.4 is 20.0 Å². The summed E-state index contributed by atoms with van der Waals surface area (Å²) in [5.41, 5.74) is 7.05. The van der Waals surface area contributed by atoms with Gasteiger partial charge in [-0.1, -0.05) is 0 Å². The van der Waals surface area contributed by atoms with Gasteiger partial charge in [-0.25, -0.2) is 0 Å². The molecule has 0 atom stereocenters. The third-order valence-electron chi connectivity index (χ3n) is 3.72. The zero-order chi connectivity index (χ0) is 17.1. The van der Waals surface area contributed by atoms with Gasteiger partial charge in [0.25, 0.3) is 0 Å². The molecule has 0 aliphatic rings. The molecule has 0 aliphatic carbocycles. The minimum absolute atomic E-state index is 0.0488. The maximum atomic E-state index is 11.7. The number of hydrogen-bond acceptors (Lipinski definition) is 2. The first-order chi connectivity index (χ1) is 11.6. The molecule has 2 aromatic carbocycles. The van der Waals surface area contributed by atoms with Gasteiger partial charge in [-0.15, -0.1) is 0 Å². The zero-order valence-corrected chi connectivity index (χ0v) is 14.9. The van der Waals surface area contributed by atoms with E-state index in [0.717, 1.165) is 19.8 Å². The van der Waals surface area contributed by atoms with E-state index >= 15 is 0 Å². The second-order valence-electron chi connectivity index (χ2n) is 5.27. The second-order valence-corrected chi connectivity index (χ2v) is 7.55. The molecule has 0 fully saturated rings. The van der Waals surface area contributed by atoms with E-state index in [1.807, 2.05) is 53.2 Å². The summed E-state index contributed by atoms with van der Waals surface area (Å²) >= 11 is -0.0842. The quantitative estimate of drug-likeness (QED) is 0.612. The molecule has 5 nitrogen and oxygen atoms in total. The molecule has 0 saturated heterocycles. The van der Waals surface area contributed by atoms with E-state index in [0.29, 0.717) is 5.56 Å². The van der Waals surface area contributed by atoms with Crippen LogP contribution in [0.25, 0.3) is 10.9 Å². The number of likely N-dealkylation sites (N-methyl/N-ethyl adjacent to an activating group) is 1. The predicted molar refractivity (Wildman–Crippen MR) is 96.0 cm³/mol. The van der Waals surface area contributed by atoms with E-state index in [-0.39, 0.29) is 27.4 Å². The first-order valence-corrected chi connectivity index (χ1v) is 9.16. The summed E-state index contributed by atoms with van der Waals surface area (Å²) in [7, 11) is 1.63. The van der Waals surface area contributed by atoms with E-state index in [4.69, 9.17) is 5.73 Å². The van der Waals surface area contributed by atoms with Crippen molar-refractivity contribution in [2.75, 3.05) is 7.05 Å². The summed E-state index contributed by atoms with van der Waals surface area (Å²) in [6.07, 6.45) is 2.00. The van der Waals surface area contributed by atoms with Crippen molar-refractivity contribution in [3.05, 3.63) is 60.3 Å². The number of nitrogens with two attached hydrogens (primary N) is 1. The van der Waals surface area contributed by atoms with Crippen LogP contribution in [0, 0.1) is 0 Å². The van der Waals surface area contributed by atoms with Crippen molar-refractivity contribution in [3.8, 4) is 0 Å². The van der Waals surface area contributed by atoms with Crippen LogP contribution in [0.15, 0.2) is 54.7 Å². The Hall–Kier alpha value is -2.56. The van der Waals surface area contributed by atoms with E-state index in [9.17, 15) is 9.59 Å². The number of hydrogen-bond donors (Lipinski definition) is 2. The standard InChI is InChI=1S/C18H17N3O2Se/c1-20-17(22)11-21-10-16(12-6-2-4-8-14(12)21)24-15-9-5-3-7-13(15)18(19)23/h2-10H,11H2,1H3,(H2,19,23)(H,20,22). The Morgan fingerprint density at radius 2 is 1.79 bits per heavy atom. The minimum atomic E-state index is -0.415. The fourth-order valence-electron chi connectivity index (χ4n) is 2.54. The Bertz CT molecular complexity index is 918. The maximum absolute atomic E-state index is 11.7. The van der Waals surface area contributed by atoms with Crippen molar-refractivity contribution in [2.45, 2.75) is 6.54 Å². The third-order valence-corrected chi connectivity index (χ3v) is 6.07. The van der Waals surface area contributed by atoms with Crippen LogP contribution in [0.3, 0.4) is 0 Å². The topological polar surface area (TPSA) is 77.1 Å². The predicted octanol–water partition coefficient (Wildman–Crippen LogP) is 0.141. The number of rotatable bonds is 5. The molecule has 1 heterocycles. The molecule has 24 heavy (non-hydrogen) atoms. The van der Waals surface area contributed by atoms with Gasteiger partial charge in [-0.05, 0) is 0 Å². The molecule has 3 rings (SSSR count). The molecule has 122 valence electrons. The van der Waals surface area contributed by atoms with E-state index < -0.39 is 5.91 Å². The Morgan fingerprint density at radius 1 is 1.08 bits per heavy atom. The molecule has 0 saturated carbocycles. The Labute approximate surface area is 146 Å². The number of carbonyl (C=O) groups excluding carboxylic acids is 2. The normalized spacial score (nSPS) is 10.7. The van der Waals surface area contributed by atoms with Gasteiger partial charge in [0.1, 0.15) is 0 Å². The van der Waals surface area contributed by atoms with E-state index in [1.165, 1.54) is 0 Å². The molecule has 0 aliphatic heterocycles. The number of fused-ring (bicyclic) bond motifs is 1. The number of carbonyl (C=O) groups is 2. The molecule has 6 heteroatoms.